The fraction of sp³-hybridized carbons (Fsp3) is 0.788. The summed E-state index contributed by atoms with van der Waals surface area (Å²) in [5, 5.41) is 0. The molecule has 10 nitrogen and oxygen atoms in total. The second kappa shape index (κ2) is 16.7. The van der Waals surface area contributed by atoms with Crippen molar-refractivity contribution in [3.05, 3.63) is 29.8 Å². The van der Waals surface area contributed by atoms with Gasteiger partial charge in [0.15, 0.2) is 12.1 Å². The lowest BCUT2D eigenvalue weighted by Gasteiger charge is -2.32. The first-order valence-electron chi connectivity index (χ1n) is 16.7. The number of hydrogen-bond acceptors (Lipinski definition) is 9. The van der Waals surface area contributed by atoms with Crippen LogP contribution in [0.5, 0.6) is 0 Å². The zero-order valence-corrected chi connectivity index (χ0v) is 27.9. The Bertz CT molecular complexity index is 1120. The molecule has 1 N–H and O–H groups in total. The van der Waals surface area contributed by atoms with Crippen molar-refractivity contribution in [3.8, 4) is 0 Å². The van der Waals surface area contributed by atoms with Gasteiger partial charge in [-0.15, -0.1) is 0 Å². The summed E-state index contributed by atoms with van der Waals surface area (Å²) in [4.78, 5) is 15.3. The fourth-order valence-corrected chi connectivity index (χ4v) is 7.16. The van der Waals surface area contributed by atoms with Crippen molar-refractivity contribution in [2.75, 3.05) is 26.2 Å². The van der Waals surface area contributed by atoms with Crippen LogP contribution in [-0.2, 0) is 33.7 Å². The van der Waals surface area contributed by atoms with E-state index in [9.17, 15) is 13.2 Å². The van der Waals surface area contributed by atoms with E-state index in [0.29, 0.717) is 13.2 Å². The number of nitrogens with zero attached hydrogens (tertiary/aromatic N) is 1. The van der Waals surface area contributed by atoms with E-state index in [4.69, 9.17) is 23.7 Å². The molecule has 0 bridgehead atoms. The molecular formula is C33H54N2O8S. The Morgan fingerprint density at radius 1 is 0.977 bits per heavy atom. The van der Waals surface area contributed by atoms with E-state index < -0.39 is 52.6 Å². The standard InChI is InChI=1S/C33H54N2O8S/c1-5-6-7-8-9-10-11-12-13-16-23-39-29-28(41-31-30(29)42-33(3,4)43-31)27(24-35-21-14-15-22-35)40-32(36)34-44(37,38)26-19-17-25(2)18-20-26/h17-20,27-31H,5-16,21-24H2,1-4H3,(H,34,36)/t27-,28-,29+,30-,31-/m1/s1. The highest BCUT2D eigenvalue weighted by Crippen LogP contribution is 2.40. The first-order chi connectivity index (χ1) is 21.1. The number of rotatable bonds is 18. The van der Waals surface area contributed by atoms with Crippen LogP contribution in [0.2, 0.25) is 0 Å². The molecule has 0 spiro atoms. The van der Waals surface area contributed by atoms with Crippen LogP contribution in [0, 0.1) is 6.92 Å². The van der Waals surface area contributed by atoms with Crippen molar-refractivity contribution >= 4 is 16.1 Å². The molecule has 4 rings (SSSR count). The molecule has 11 heteroatoms. The smallest absolute Gasteiger partial charge is 0.421 e. The Labute approximate surface area is 264 Å². The minimum absolute atomic E-state index is 0.00970. The number of carbonyl (C=O) groups is 1. The number of amides is 1. The van der Waals surface area contributed by atoms with Gasteiger partial charge >= 0.3 is 6.09 Å². The van der Waals surface area contributed by atoms with Crippen LogP contribution in [0.15, 0.2) is 29.2 Å². The molecule has 3 heterocycles. The van der Waals surface area contributed by atoms with E-state index in [1.54, 1.807) is 12.1 Å². The quantitative estimate of drug-likeness (QED) is 0.192. The topological polar surface area (TPSA) is 113 Å². The zero-order valence-electron chi connectivity index (χ0n) is 27.1. The zero-order chi connectivity index (χ0) is 31.6. The molecule has 1 aromatic rings. The second-order valence-corrected chi connectivity index (χ2v) is 14.6. The molecule has 5 atom stereocenters. The van der Waals surface area contributed by atoms with Crippen molar-refractivity contribution in [2.45, 2.75) is 146 Å². The molecule has 0 unspecified atom stereocenters. The highest BCUT2D eigenvalue weighted by Gasteiger charge is 2.58. The number of ether oxygens (including phenoxy) is 5. The van der Waals surface area contributed by atoms with Gasteiger partial charge in [-0.3, -0.25) is 4.90 Å². The van der Waals surface area contributed by atoms with E-state index in [1.165, 1.54) is 63.5 Å². The van der Waals surface area contributed by atoms with Crippen LogP contribution in [-0.4, -0.2) is 82.1 Å². The lowest BCUT2D eigenvalue weighted by atomic mass is 10.0. The third kappa shape index (κ3) is 10.4. The number of unbranched alkanes of at least 4 members (excludes halogenated alkanes) is 9. The number of likely N-dealkylation sites (tertiary alicyclic amines) is 1. The third-order valence-electron chi connectivity index (χ3n) is 8.65. The van der Waals surface area contributed by atoms with Gasteiger partial charge in [0.1, 0.15) is 24.4 Å². The predicted molar refractivity (Wildman–Crippen MR) is 168 cm³/mol. The fourth-order valence-electron chi connectivity index (χ4n) is 6.28. The van der Waals surface area contributed by atoms with Crippen molar-refractivity contribution in [1.82, 2.24) is 9.62 Å². The van der Waals surface area contributed by atoms with Crippen molar-refractivity contribution in [1.29, 1.82) is 0 Å². The first kappa shape index (κ1) is 35.1. The average Bonchev–Trinajstić information content (AvgIpc) is 3.66. The molecule has 3 aliphatic rings. The van der Waals surface area contributed by atoms with Gasteiger partial charge in [-0.2, -0.15) is 0 Å². The number of fused-ring (bicyclic) bond motifs is 1. The van der Waals surface area contributed by atoms with E-state index >= 15 is 0 Å². The van der Waals surface area contributed by atoms with Gasteiger partial charge in [-0.25, -0.2) is 17.9 Å². The molecule has 0 saturated carbocycles. The molecule has 250 valence electrons. The first-order valence-corrected chi connectivity index (χ1v) is 18.2. The van der Waals surface area contributed by atoms with Gasteiger partial charge < -0.3 is 23.7 Å². The predicted octanol–water partition coefficient (Wildman–Crippen LogP) is 6.06. The van der Waals surface area contributed by atoms with Gasteiger partial charge in [0.2, 0.25) is 0 Å². The summed E-state index contributed by atoms with van der Waals surface area (Å²) in [5.41, 5.74) is 0.914. The Kier molecular flexibility index (Phi) is 13.3. The van der Waals surface area contributed by atoms with Crippen LogP contribution in [0.25, 0.3) is 0 Å². The summed E-state index contributed by atoms with van der Waals surface area (Å²) in [6.45, 7) is 10.4. The van der Waals surface area contributed by atoms with Gasteiger partial charge in [-0.1, -0.05) is 82.4 Å². The van der Waals surface area contributed by atoms with Crippen molar-refractivity contribution < 1.29 is 36.9 Å². The maximum absolute atomic E-state index is 13.1. The molecule has 0 radical (unpaired) electrons. The van der Waals surface area contributed by atoms with Crippen LogP contribution in [0.1, 0.15) is 103 Å². The van der Waals surface area contributed by atoms with Crippen molar-refractivity contribution in [3.63, 3.8) is 0 Å². The van der Waals surface area contributed by atoms with Gasteiger partial charge in [0, 0.05) is 13.2 Å². The monoisotopic (exact) mass is 638 g/mol. The lowest BCUT2D eigenvalue weighted by Crippen LogP contribution is -2.50. The summed E-state index contributed by atoms with van der Waals surface area (Å²) in [7, 11) is -4.11. The number of nitrogens with one attached hydrogen (secondary N) is 1. The summed E-state index contributed by atoms with van der Waals surface area (Å²) in [6.07, 6.45) is 10.2. The number of sulfonamides is 1. The molecule has 3 aliphatic heterocycles. The molecule has 1 amide bonds. The van der Waals surface area contributed by atoms with Crippen LogP contribution >= 0.6 is 0 Å². The van der Waals surface area contributed by atoms with E-state index in [2.05, 4.69) is 16.5 Å². The Hall–Kier alpha value is -1.76. The lowest BCUT2D eigenvalue weighted by molar-refractivity contribution is -0.230. The molecule has 0 aromatic heterocycles. The maximum atomic E-state index is 13.1. The van der Waals surface area contributed by atoms with E-state index in [-0.39, 0.29) is 4.90 Å². The SMILES string of the molecule is CCCCCCCCCCCCO[C@@H]1[C@H]2OC(C)(C)O[C@H]2O[C@@H]1[C@@H](CN1CCCC1)OC(=O)NS(=O)(=O)c1ccc(C)cc1. The maximum Gasteiger partial charge on any atom is 0.421 e. The average molecular weight is 639 g/mol. The highest BCUT2D eigenvalue weighted by atomic mass is 32.2. The number of aryl methyl sites for hydroxylation is 1. The minimum Gasteiger partial charge on any atom is -0.441 e. The van der Waals surface area contributed by atoms with Gasteiger partial charge in [0.25, 0.3) is 10.0 Å². The van der Waals surface area contributed by atoms with E-state index in [1.807, 2.05) is 20.8 Å². The summed E-state index contributed by atoms with van der Waals surface area (Å²) in [5.74, 6) is -0.830. The Morgan fingerprint density at radius 3 is 2.23 bits per heavy atom. The Balaban J connectivity index is 1.36. The second-order valence-electron chi connectivity index (χ2n) is 13.0. The summed E-state index contributed by atoms with van der Waals surface area (Å²) < 4.78 is 58.7. The number of benzene rings is 1. The third-order valence-corrected chi connectivity index (χ3v) is 9.97. The number of hydrogen-bond donors (Lipinski definition) is 1. The molecule has 3 fully saturated rings. The van der Waals surface area contributed by atoms with E-state index in [0.717, 1.165) is 44.3 Å². The molecule has 3 saturated heterocycles. The van der Waals surface area contributed by atoms with Crippen LogP contribution < -0.4 is 4.72 Å². The van der Waals surface area contributed by atoms with Gasteiger partial charge in [0.05, 0.1) is 4.90 Å². The molecular weight excluding hydrogens is 584 g/mol. The molecule has 1 aromatic carbocycles. The van der Waals surface area contributed by atoms with Crippen molar-refractivity contribution in [2.24, 2.45) is 0 Å². The molecule has 44 heavy (non-hydrogen) atoms. The largest absolute Gasteiger partial charge is 0.441 e. The summed E-state index contributed by atoms with van der Waals surface area (Å²) in [6, 6.07) is 6.28. The van der Waals surface area contributed by atoms with Crippen LogP contribution in [0.4, 0.5) is 4.79 Å². The molecule has 0 aliphatic carbocycles. The van der Waals surface area contributed by atoms with Gasteiger partial charge in [-0.05, 0) is 65.3 Å². The minimum atomic E-state index is -4.11. The normalized spacial score (nSPS) is 25.6. The highest BCUT2D eigenvalue weighted by molar-refractivity contribution is 7.90. The Morgan fingerprint density at radius 2 is 1.59 bits per heavy atom. The number of carbonyl (C=O) groups excluding carboxylic acids is 1. The van der Waals surface area contributed by atoms with Crippen LogP contribution in [0.3, 0.4) is 0 Å². The summed E-state index contributed by atoms with van der Waals surface area (Å²) >= 11 is 0.